The van der Waals surface area contributed by atoms with Crippen molar-refractivity contribution in [1.29, 1.82) is 0 Å². The van der Waals surface area contributed by atoms with E-state index in [1.807, 2.05) is 6.08 Å². The maximum atomic E-state index is 10.7. The molecule has 0 radical (unpaired) electrons. The lowest BCUT2D eigenvalue weighted by atomic mass is 9.53. The molecule has 1 aromatic rings. The van der Waals surface area contributed by atoms with Gasteiger partial charge in [0, 0.05) is 29.0 Å². The minimum atomic E-state index is -0.638. The minimum absolute atomic E-state index is 0.0895. The van der Waals surface area contributed by atoms with Gasteiger partial charge in [0.2, 0.25) is 0 Å². The number of piperidine rings is 1. The molecule has 6 atom stereocenters. The number of likely N-dealkylation sites (tertiary alicyclic amines) is 1. The Kier molecular flexibility index (Phi) is 3.13. The molecule has 2 heterocycles. The molecule has 0 aromatic heterocycles. The molecule has 1 unspecified atom stereocenters. The topological polar surface area (TPSA) is 79.0 Å². The van der Waals surface area contributed by atoms with Gasteiger partial charge in [-0.2, -0.15) is 0 Å². The quantitative estimate of drug-likeness (QED) is 0.712. The van der Waals surface area contributed by atoms with Gasteiger partial charge in [-0.1, -0.05) is 19.1 Å². The third-order valence-corrected chi connectivity index (χ3v) is 7.15. The number of phenols is 1. The van der Waals surface area contributed by atoms with Crippen molar-refractivity contribution in [2.75, 3.05) is 13.6 Å². The van der Waals surface area contributed by atoms with Crippen LogP contribution in [0.5, 0.6) is 11.5 Å². The summed E-state index contributed by atoms with van der Waals surface area (Å²) in [7, 11) is 2.19. The average Bonchev–Trinajstić information content (AvgIpc) is 2.96. The molecular formula is C20H26N2O3. The number of hydrogen-bond acceptors (Lipinski definition) is 5. The molecule has 1 saturated heterocycles. The summed E-state index contributed by atoms with van der Waals surface area (Å²) in [4.78, 5) is 2.43. The number of benzene rings is 1. The zero-order chi connectivity index (χ0) is 17.5. The van der Waals surface area contributed by atoms with Gasteiger partial charge >= 0.3 is 0 Å². The third kappa shape index (κ3) is 1.74. The van der Waals surface area contributed by atoms with Crippen LogP contribution in [0.15, 0.2) is 18.2 Å². The Bertz CT molecular complexity index is 777. The summed E-state index contributed by atoms with van der Waals surface area (Å²) >= 11 is 0. The summed E-state index contributed by atoms with van der Waals surface area (Å²) in [6.45, 7) is 3.05. The largest absolute Gasteiger partial charge is 0.504 e. The molecule has 2 aliphatic carbocycles. The fourth-order valence-corrected chi connectivity index (χ4v) is 5.90. The van der Waals surface area contributed by atoms with Crippen LogP contribution in [0.25, 0.3) is 0 Å². The molecule has 5 heteroatoms. The van der Waals surface area contributed by atoms with Gasteiger partial charge < -0.3 is 25.6 Å². The van der Waals surface area contributed by atoms with Gasteiger partial charge in [-0.25, -0.2) is 0 Å². The summed E-state index contributed by atoms with van der Waals surface area (Å²) in [5.74, 6) is 1.06. The van der Waals surface area contributed by atoms with Gasteiger partial charge in [0.15, 0.2) is 11.5 Å². The van der Waals surface area contributed by atoms with Crippen molar-refractivity contribution in [3.8, 4) is 11.5 Å². The van der Waals surface area contributed by atoms with Gasteiger partial charge in [-0.05, 0) is 50.0 Å². The Hall–Kier alpha value is -1.56. The van der Waals surface area contributed by atoms with Gasteiger partial charge in [0.05, 0.1) is 0 Å². The van der Waals surface area contributed by atoms with Crippen molar-refractivity contribution < 1.29 is 14.9 Å². The lowest BCUT2D eigenvalue weighted by Crippen LogP contribution is -2.64. The standard InChI is InChI=1S/C20H26N2O3/c1-3-13(21)10-9-16(24)18-17-11(10)8-14-12-4-5-15(23)19(25-18)20(12,17)6-7-22(14)2/h4-5,9,12-15,19,23-24H,3,6-8,21H2,1-2H3/t12-,13?,14+,15-,19-,20-/m0/s1. The van der Waals surface area contributed by atoms with Crippen molar-refractivity contribution >= 4 is 0 Å². The number of phenolic OH excluding ortho intramolecular Hbond substituents is 1. The molecule has 4 aliphatic rings. The molecular weight excluding hydrogens is 316 g/mol. The minimum Gasteiger partial charge on any atom is -0.504 e. The van der Waals surface area contributed by atoms with E-state index >= 15 is 0 Å². The van der Waals surface area contributed by atoms with Crippen molar-refractivity contribution in [3.63, 3.8) is 0 Å². The first-order valence-electron chi connectivity index (χ1n) is 9.37. The van der Waals surface area contributed by atoms with E-state index in [4.69, 9.17) is 10.5 Å². The first kappa shape index (κ1) is 15.7. The van der Waals surface area contributed by atoms with Crippen LogP contribution in [-0.2, 0) is 11.8 Å². The van der Waals surface area contributed by atoms with Crippen LogP contribution in [-0.4, -0.2) is 47.0 Å². The highest BCUT2D eigenvalue weighted by molar-refractivity contribution is 5.64. The van der Waals surface area contributed by atoms with E-state index in [0.717, 1.165) is 36.9 Å². The molecule has 0 saturated carbocycles. The Morgan fingerprint density at radius 2 is 2.24 bits per heavy atom. The van der Waals surface area contributed by atoms with E-state index in [2.05, 4.69) is 24.9 Å². The van der Waals surface area contributed by atoms with Crippen LogP contribution >= 0.6 is 0 Å². The lowest BCUT2D eigenvalue weighted by Gasteiger charge is -2.56. The fourth-order valence-electron chi connectivity index (χ4n) is 5.90. The number of likely N-dealkylation sites (N-methyl/N-ethyl adjacent to an activating group) is 1. The van der Waals surface area contributed by atoms with Gasteiger partial charge in [0.1, 0.15) is 12.2 Å². The normalized spacial score (nSPS) is 39.0. The number of nitrogens with zero attached hydrogens (tertiary/aromatic N) is 1. The Morgan fingerprint density at radius 1 is 1.44 bits per heavy atom. The molecule has 2 bridgehead atoms. The number of nitrogens with two attached hydrogens (primary N) is 1. The number of ether oxygens (including phenoxy) is 1. The SMILES string of the molecule is CCC(N)c1cc(O)c2c3c1C[C@@H]1[C@@H]4C=C[C@H](O)[C@H](O2)[C@]34CCN1C. The molecule has 1 aromatic carbocycles. The van der Waals surface area contributed by atoms with Crippen molar-refractivity contribution in [1.82, 2.24) is 4.90 Å². The molecule has 5 nitrogen and oxygen atoms in total. The van der Waals surface area contributed by atoms with Crippen LogP contribution < -0.4 is 10.5 Å². The van der Waals surface area contributed by atoms with Gasteiger partial charge in [-0.15, -0.1) is 0 Å². The highest BCUT2D eigenvalue weighted by Crippen LogP contribution is 2.63. The van der Waals surface area contributed by atoms with E-state index in [1.54, 1.807) is 6.07 Å². The number of aromatic hydroxyl groups is 1. The van der Waals surface area contributed by atoms with E-state index in [-0.39, 0.29) is 23.3 Å². The molecule has 2 aliphatic heterocycles. The highest BCUT2D eigenvalue weighted by Gasteiger charge is 2.64. The Morgan fingerprint density at radius 3 is 3.00 bits per heavy atom. The second-order valence-electron chi connectivity index (χ2n) is 8.16. The number of aliphatic hydroxyl groups excluding tert-OH is 1. The smallest absolute Gasteiger partial charge is 0.165 e. The first-order valence-corrected chi connectivity index (χ1v) is 9.37. The molecule has 1 spiro atoms. The third-order valence-electron chi connectivity index (χ3n) is 7.15. The molecule has 5 rings (SSSR count). The number of hydrogen-bond donors (Lipinski definition) is 3. The summed E-state index contributed by atoms with van der Waals surface area (Å²) in [6, 6.07) is 2.09. The van der Waals surface area contributed by atoms with Crippen LogP contribution in [0, 0.1) is 5.92 Å². The van der Waals surface area contributed by atoms with Crippen LogP contribution in [0.1, 0.15) is 42.5 Å². The maximum Gasteiger partial charge on any atom is 0.165 e. The van der Waals surface area contributed by atoms with E-state index in [1.165, 1.54) is 5.56 Å². The zero-order valence-electron chi connectivity index (χ0n) is 14.8. The first-order chi connectivity index (χ1) is 12.0. The summed E-state index contributed by atoms with van der Waals surface area (Å²) < 4.78 is 6.21. The van der Waals surface area contributed by atoms with Crippen molar-refractivity contribution in [2.45, 2.75) is 55.9 Å². The second-order valence-corrected chi connectivity index (χ2v) is 8.16. The average molecular weight is 342 g/mol. The molecule has 25 heavy (non-hydrogen) atoms. The number of aliphatic hydroxyl groups is 1. The molecule has 0 amide bonds. The summed E-state index contributed by atoms with van der Waals surface area (Å²) in [5.41, 5.74) is 9.59. The maximum absolute atomic E-state index is 10.7. The fraction of sp³-hybridized carbons (Fsp3) is 0.600. The molecule has 134 valence electrons. The van der Waals surface area contributed by atoms with Crippen molar-refractivity contribution in [3.05, 3.63) is 34.9 Å². The predicted molar refractivity (Wildman–Crippen MR) is 94.8 cm³/mol. The van der Waals surface area contributed by atoms with Crippen LogP contribution in [0.2, 0.25) is 0 Å². The van der Waals surface area contributed by atoms with E-state index in [9.17, 15) is 10.2 Å². The molecule has 1 fully saturated rings. The Balaban J connectivity index is 1.83. The van der Waals surface area contributed by atoms with E-state index < -0.39 is 6.10 Å². The second kappa shape index (κ2) is 5.00. The van der Waals surface area contributed by atoms with Crippen molar-refractivity contribution in [2.24, 2.45) is 11.7 Å². The van der Waals surface area contributed by atoms with Gasteiger partial charge in [-0.3, -0.25) is 0 Å². The predicted octanol–water partition coefficient (Wildman–Crippen LogP) is 1.61. The number of rotatable bonds is 2. The van der Waals surface area contributed by atoms with Crippen LogP contribution in [0.4, 0.5) is 0 Å². The molecule has 4 N–H and O–H groups in total. The zero-order valence-corrected chi connectivity index (χ0v) is 14.8. The lowest BCUT2D eigenvalue weighted by molar-refractivity contribution is -0.0454. The van der Waals surface area contributed by atoms with Crippen LogP contribution in [0.3, 0.4) is 0 Å². The Labute approximate surface area is 148 Å². The summed E-state index contributed by atoms with van der Waals surface area (Å²) in [5, 5.41) is 21.3. The highest BCUT2D eigenvalue weighted by atomic mass is 16.5. The van der Waals surface area contributed by atoms with E-state index in [0.29, 0.717) is 17.7 Å². The monoisotopic (exact) mass is 342 g/mol. The van der Waals surface area contributed by atoms with Gasteiger partial charge in [0.25, 0.3) is 0 Å². The summed E-state index contributed by atoms with van der Waals surface area (Å²) in [6.07, 6.45) is 5.80.